The van der Waals surface area contributed by atoms with Crippen molar-refractivity contribution in [3.63, 3.8) is 0 Å². The van der Waals surface area contributed by atoms with Gasteiger partial charge < -0.3 is 10.6 Å². The molecule has 0 unspecified atom stereocenters. The first-order chi connectivity index (χ1) is 9.56. The highest BCUT2D eigenvalue weighted by molar-refractivity contribution is 8.00. The van der Waals surface area contributed by atoms with Crippen LogP contribution in [-0.2, 0) is 4.79 Å². The van der Waals surface area contributed by atoms with Gasteiger partial charge >= 0.3 is 0 Å². The molecule has 4 heteroatoms. The lowest BCUT2D eigenvalue weighted by Gasteiger charge is -2.22. The molecule has 1 aromatic carbocycles. The van der Waals surface area contributed by atoms with E-state index in [0.717, 1.165) is 29.9 Å². The topological polar surface area (TPSA) is 41.1 Å². The summed E-state index contributed by atoms with van der Waals surface area (Å²) < 4.78 is 0. The van der Waals surface area contributed by atoms with E-state index in [2.05, 4.69) is 43.5 Å². The van der Waals surface area contributed by atoms with E-state index in [1.807, 2.05) is 0 Å². The lowest BCUT2D eigenvalue weighted by atomic mass is 10.1. The summed E-state index contributed by atoms with van der Waals surface area (Å²) in [7, 11) is 0. The molecule has 0 aliphatic carbocycles. The summed E-state index contributed by atoms with van der Waals surface area (Å²) in [5, 5.41) is 7.05. The number of carbonyl (C=O) groups excluding carboxylic acids is 1. The molecule has 1 fully saturated rings. The molecule has 1 heterocycles. The quantitative estimate of drug-likeness (QED) is 0.896. The minimum atomic E-state index is 0.114. The Balaban J connectivity index is 1.88. The zero-order chi connectivity index (χ0) is 14.5. The van der Waals surface area contributed by atoms with Crippen LogP contribution in [0.25, 0.3) is 0 Å². The smallest absolute Gasteiger partial charge is 0.234 e. The number of rotatable bonds is 4. The molecule has 1 aromatic rings. The molecule has 0 spiro atoms. The van der Waals surface area contributed by atoms with Gasteiger partial charge in [0.05, 0.1) is 5.75 Å². The maximum atomic E-state index is 12.1. The van der Waals surface area contributed by atoms with Crippen LogP contribution in [0.5, 0.6) is 0 Å². The van der Waals surface area contributed by atoms with E-state index < -0.39 is 0 Å². The standard InChI is InChI=1S/C16H24N2OS/c1-11-8-12(2)16(13(3)9-11)18-15(19)10-20-14-4-6-17-7-5-14/h8-9,14,17H,4-7,10H2,1-3H3,(H,18,19). The molecule has 20 heavy (non-hydrogen) atoms. The molecule has 110 valence electrons. The highest BCUT2D eigenvalue weighted by atomic mass is 32.2. The van der Waals surface area contributed by atoms with E-state index in [4.69, 9.17) is 0 Å². The minimum absolute atomic E-state index is 0.114. The molecule has 2 N–H and O–H groups in total. The second-order valence-corrected chi connectivity index (χ2v) is 6.87. The Morgan fingerprint density at radius 3 is 2.45 bits per heavy atom. The minimum Gasteiger partial charge on any atom is -0.325 e. The number of piperidine rings is 1. The number of benzene rings is 1. The highest BCUT2D eigenvalue weighted by Gasteiger charge is 2.15. The van der Waals surface area contributed by atoms with Crippen LogP contribution >= 0.6 is 11.8 Å². The van der Waals surface area contributed by atoms with Crippen LogP contribution in [0.15, 0.2) is 12.1 Å². The molecule has 2 rings (SSSR count). The summed E-state index contributed by atoms with van der Waals surface area (Å²) in [6.07, 6.45) is 2.33. The van der Waals surface area contributed by atoms with Gasteiger partial charge in [0, 0.05) is 10.9 Å². The first kappa shape index (κ1) is 15.4. The Kier molecular flexibility index (Phi) is 5.49. The number of hydrogen-bond donors (Lipinski definition) is 2. The van der Waals surface area contributed by atoms with Crippen LogP contribution in [0.2, 0.25) is 0 Å². The lowest BCUT2D eigenvalue weighted by Crippen LogP contribution is -2.30. The van der Waals surface area contributed by atoms with Crippen LogP contribution in [0, 0.1) is 20.8 Å². The van der Waals surface area contributed by atoms with Gasteiger partial charge in [-0.1, -0.05) is 17.7 Å². The van der Waals surface area contributed by atoms with Crippen LogP contribution < -0.4 is 10.6 Å². The number of hydrogen-bond acceptors (Lipinski definition) is 3. The van der Waals surface area contributed by atoms with Crippen molar-refractivity contribution >= 4 is 23.4 Å². The van der Waals surface area contributed by atoms with Crippen molar-refractivity contribution in [3.05, 3.63) is 28.8 Å². The maximum Gasteiger partial charge on any atom is 0.234 e. The van der Waals surface area contributed by atoms with Gasteiger partial charge in [-0.3, -0.25) is 4.79 Å². The van der Waals surface area contributed by atoms with Gasteiger partial charge in [-0.25, -0.2) is 0 Å². The van der Waals surface area contributed by atoms with Crippen molar-refractivity contribution < 1.29 is 4.79 Å². The summed E-state index contributed by atoms with van der Waals surface area (Å²) in [6, 6.07) is 4.23. The van der Waals surface area contributed by atoms with Crippen molar-refractivity contribution in [2.45, 2.75) is 38.9 Å². The molecule has 0 atom stereocenters. The van der Waals surface area contributed by atoms with Crippen molar-refractivity contribution in [2.75, 3.05) is 24.2 Å². The van der Waals surface area contributed by atoms with Gasteiger partial charge in [0.15, 0.2) is 0 Å². The fraction of sp³-hybridized carbons (Fsp3) is 0.562. The third-order valence-corrected chi connectivity index (χ3v) is 5.05. The van der Waals surface area contributed by atoms with Crippen LogP contribution in [0.1, 0.15) is 29.5 Å². The van der Waals surface area contributed by atoms with Gasteiger partial charge in [-0.05, 0) is 57.8 Å². The summed E-state index contributed by atoms with van der Waals surface area (Å²) in [5.41, 5.74) is 4.50. The van der Waals surface area contributed by atoms with Crippen LogP contribution in [0.4, 0.5) is 5.69 Å². The van der Waals surface area contributed by atoms with Crippen LogP contribution in [-0.4, -0.2) is 30.0 Å². The molecule has 1 saturated heterocycles. The SMILES string of the molecule is Cc1cc(C)c(NC(=O)CSC2CCNCC2)c(C)c1. The summed E-state index contributed by atoms with van der Waals surface area (Å²) in [4.78, 5) is 12.1. The van der Waals surface area contributed by atoms with E-state index in [9.17, 15) is 4.79 Å². The number of aryl methyl sites for hydroxylation is 3. The molecule has 1 aliphatic rings. The van der Waals surface area contributed by atoms with Crippen molar-refractivity contribution in [1.29, 1.82) is 0 Å². The molecular formula is C16H24N2OS. The second kappa shape index (κ2) is 7.14. The van der Waals surface area contributed by atoms with E-state index >= 15 is 0 Å². The normalized spacial score (nSPS) is 16.1. The van der Waals surface area contributed by atoms with Gasteiger partial charge in [0.2, 0.25) is 5.91 Å². The molecule has 0 aromatic heterocycles. The average molecular weight is 292 g/mol. The molecule has 0 bridgehead atoms. The molecule has 0 radical (unpaired) electrons. The average Bonchev–Trinajstić information content (AvgIpc) is 2.42. The van der Waals surface area contributed by atoms with Crippen molar-refractivity contribution in [3.8, 4) is 0 Å². The zero-order valence-corrected chi connectivity index (χ0v) is 13.4. The third-order valence-electron chi connectivity index (χ3n) is 3.68. The highest BCUT2D eigenvalue weighted by Crippen LogP contribution is 2.24. The number of thioether (sulfide) groups is 1. The monoisotopic (exact) mass is 292 g/mol. The summed E-state index contributed by atoms with van der Waals surface area (Å²) in [6.45, 7) is 8.34. The van der Waals surface area contributed by atoms with Crippen molar-refractivity contribution in [1.82, 2.24) is 5.32 Å². The molecule has 0 saturated carbocycles. The van der Waals surface area contributed by atoms with E-state index in [0.29, 0.717) is 11.0 Å². The fourth-order valence-electron chi connectivity index (χ4n) is 2.71. The molecule has 3 nitrogen and oxygen atoms in total. The first-order valence-corrected chi connectivity index (χ1v) is 8.31. The predicted molar refractivity (Wildman–Crippen MR) is 87.6 cm³/mol. The third kappa shape index (κ3) is 4.25. The maximum absolute atomic E-state index is 12.1. The van der Waals surface area contributed by atoms with E-state index in [-0.39, 0.29) is 5.91 Å². The Bertz CT molecular complexity index is 458. The largest absolute Gasteiger partial charge is 0.325 e. The van der Waals surface area contributed by atoms with E-state index in [1.165, 1.54) is 18.4 Å². The van der Waals surface area contributed by atoms with Crippen molar-refractivity contribution in [2.24, 2.45) is 0 Å². The van der Waals surface area contributed by atoms with E-state index in [1.54, 1.807) is 11.8 Å². The molecule has 1 aliphatic heterocycles. The van der Waals surface area contributed by atoms with Gasteiger partial charge in [0.1, 0.15) is 0 Å². The first-order valence-electron chi connectivity index (χ1n) is 7.26. The number of carbonyl (C=O) groups is 1. The number of nitrogens with one attached hydrogen (secondary N) is 2. The van der Waals surface area contributed by atoms with Gasteiger partial charge in [-0.15, -0.1) is 11.8 Å². The van der Waals surface area contributed by atoms with Gasteiger partial charge in [0.25, 0.3) is 0 Å². The molecular weight excluding hydrogens is 268 g/mol. The van der Waals surface area contributed by atoms with Crippen LogP contribution in [0.3, 0.4) is 0 Å². The Hall–Kier alpha value is -1.00. The summed E-state index contributed by atoms with van der Waals surface area (Å²) in [5.74, 6) is 0.667. The molecule has 1 amide bonds. The predicted octanol–water partition coefficient (Wildman–Crippen LogP) is 3.04. The Labute approximate surface area is 125 Å². The number of anilines is 1. The fourth-order valence-corrected chi connectivity index (χ4v) is 3.74. The Morgan fingerprint density at radius 2 is 1.85 bits per heavy atom. The van der Waals surface area contributed by atoms with Gasteiger partial charge in [-0.2, -0.15) is 0 Å². The second-order valence-electron chi connectivity index (χ2n) is 5.58. The zero-order valence-electron chi connectivity index (χ0n) is 12.6. The summed E-state index contributed by atoms with van der Waals surface area (Å²) >= 11 is 1.79. The Morgan fingerprint density at radius 1 is 1.25 bits per heavy atom. The number of amides is 1. The lowest BCUT2D eigenvalue weighted by molar-refractivity contribution is -0.113.